The van der Waals surface area contributed by atoms with Crippen molar-refractivity contribution in [2.75, 3.05) is 43.5 Å². The average Bonchev–Trinajstić information content (AvgIpc) is 3.49. The molecule has 196 valence electrons. The molecule has 8 nitrogen and oxygen atoms in total. The van der Waals surface area contributed by atoms with Gasteiger partial charge in [-0.3, -0.25) is 9.36 Å². The molecule has 2 aromatic heterocycles. The Balaban J connectivity index is 1.31. The lowest BCUT2D eigenvalue weighted by molar-refractivity contribution is 0.414. The summed E-state index contributed by atoms with van der Waals surface area (Å²) < 4.78 is 7.21. The van der Waals surface area contributed by atoms with Gasteiger partial charge in [0.15, 0.2) is 0 Å². The number of aromatic nitrogens is 3. The van der Waals surface area contributed by atoms with Crippen LogP contribution < -0.4 is 25.8 Å². The van der Waals surface area contributed by atoms with Gasteiger partial charge in [0.05, 0.1) is 7.11 Å². The van der Waals surface area contributed by atoms with Crippen LogP contribution in [0.2, 0.25) is 0 Å². The van der Waals surface area contributed by atoms with E-state index in [-0.39, 0.29) is 11.6 Å². The van der Waals surface area contributed by atoms with Crippen molar-refractivity contribution in [1.82, 2.24) is 19.9 Å². The molecule has 4 aromatic rings. The van der Waals surface area contributed by atoms with Crippen LogP contribution in [-0.2, 0) is 6.42 Å². The summed E-state index contributed by atoms with van der Waals surface area (Å²) in [5.41, 5.74) is 4.73. The number of ether oxygens (including phenoxy) is 1. The summed E-state index contributed by atoms with van der Waals surface area (Å²) in [5.74, 6) is 1.31. The lowest BCUT2D eigenvalue weighted by Crippen LogP contribution is -2.43. The third-order valence-corrected chi connectivity index (χ3v) is 7.70. The zero-order valence-electron chi connectivity index (χ0n) is 21.8. The normalized spacial score (nSPS) is 16.2. The zero-order valence-corrected chi connectivity index (χ0v) is 21.8. The minimum Gasteiger partial charge on any atom is -0.497 e. The first-order chi connectivity index (χ1) is 18.7. The smallest absolute Gasteiger partial charge is 0.256 e. The van der Waals surface area contributed by atoms with Gasteiger partial charge < -0.3 is 20.3 Å². The van der Waals surface area contributed by atoms with Gasteiger partial charge in [-0.25, -0.2) is 4.98 Å². The molecule has 2 fully saturated rings. The van der Waals surface area contributed by atoms with Crippen LogP contribution in [0.5, 0.6) is 5.75 Å². The van der Waals surface area contributed by atoms with Crippen LogP contribution >= 0.6 is 0 Å². The minimum absolute atomic E-state index is 0.0465. The number of rotatable bonds is 7. The maximum atomic E-state index is 13.8. The fourth-order valence-corrected chi connectivity index (χ4v) is 5.64. The number of methoxy groups -OCH3 is 1. The van der Waals surface area contributed by atoms with Gasteiger partial charge in [-0.15, -0.1) is 0 Å². The van der Waals surface area contributed by atoms with Gasteiger partial charge in [-0.2, -0.15) is 4.98 Å². The Labute approximate surface area is 222 Å². The molecule has 0 atom stereocenters. The lowest BCUT2D eigenvalue weighted by Gasteiger charge is -2.29. The van der Waals surface area contributed by atoms with E-state index in [2.05, 4.69) is 44.8 Å². The van der Waals surface area contributed by atoms with E-state index < -0.39 is 0 Å². The van der Waals surface area contributed by atoms with Gasteiger partial charge in [-0.1, -0.05) is 25.0 Å². The molecule has 8 heteroatoms. The van der Waals surface area contributed by atoms with Crippen LogP contribution in [0.4, 0.5) is 17.3 Å². The van der Waals surface area contributed by atoms with Gasteiger partial charge in [0.25, 0.3) is 5.56 Å². The van der Waals surface area contributed by atoms with E-state index in [1.807, 2.05) is 41.1 Å². The maximum Gasteiger partial charge on any atom is 0.256 e. The first kappa shape index (κ1) is 24.4. The molecule has 2 aliphatic rings. The number of nitrogens with zero attached hydrogens (tertiary/aromatic N) is 4. The number of pyridine rings is 1. The van der Waals surface area contributed by atoms with Gasteiger partial charge in [0, 0.05) is 67.2 Å². The monoisotopic (exact) mass is 510 g/mol. The summed E-state index contributed by atoms with van der Waals surface area (Å²) in [7, 11) is 1.66. The number of fused-ring (bicyclic) bond motifs is 1. The van der Waals surface area contributed by atoms with E-state index in [1.54, 1.807) is 7.11 Å². The van der Waals surface area contributed by atoms with Crippen LogP contribution in [0.15, 0.2) is 65.6 Å². The lowest BCUT2D eigenvalue weighted by atomic mass is 10.0. The SMILES string of the molecule is COc1ccc(Cc2cc3cnc(Nc4ccc(N5CCNCC5)cc4)nc3n(C3CCCC3)c2=O)cc1. The third kappa shape index (κ3) is 5.09. The number of hydrogen-bond acceptors (Lipinski definition) is 7. The van der Waals surface area contributed by atoms with Crippen molar-refractivity contribution in [2.24, 2.45) is 0 Å². The molecule has 0 bridgehead atoms. The largest absolute Gasteiger partial charge is 0.497 e. The molecule has 0 spiro atoms. The zero-order chi connectivity index (χ0) is 25.9. The van der Waals surface area contributed by atoms with E-state index in [0.717, 1.165) is 79.8 Å². The predicted octanol–water partition coefficient (Wildman–Crippen LogP) is 4.66. The summed E-state index contributed by atoms with van der Waals surface area (Å²) in [6.45, 7) is 4.05. The van der Waals surface area contributed by atoms with Crippen LogP contribution in [0.3, 0.4) is 0 Å². The second-order valence-electron chi connectivity index (χ2n) is 10.2. The molecule has 1 aliphatic heterocycles. The fourth-order valence-electron chi connectivity index (χ4n) is 5.64. The summed E-state index contributed by atoms with van der Waals surface area (Å²) in [6.07, 6.45) is 6.67. The Bertz CT molecular complexity index is 1450. The summed E-state index contributed by atoms with van der Waals surface area (Å²) >= 11 is 0. The Hall–Kier alpha value is -3.91. The molecule has 1 saturated carbocycles. The van der Waals surface area contributed by atoms with Crippen LogP contribution in [0.25, 0.3) is 11.0 Å². The first-order valence-electron chi connectivity index (χ1n) is 13.5. The molecule has 38 heavy (non-hydrogen) atoms. The van der Waals surface area contributed by atoms with Crippen molar-refractivity contribution in [3.63, 3.8) is 0 Å². The standard InChI is InChI=1S/C30H34N6O2/c1-38-27-12-6-21(7-13-27)18-22-19-23-20-32-30(34-28(23)36(29(22)37)26-4-2-3-5-26)33-24-8-10-25(11-9-24)35-16-14-31-15-17-35/h6-13,19-20,26,31H,2-5,14-18H2,1H3,(H,32,33,34). The van der Waals surface area contributed by atoms with Crippen molar-refractivity contribution in [2.45, 2.75) is 38.1 Å². The van der Waals surface area contributed by atoms with Crippen molar-refractivity contribution in [3.8, 4) is 5.75 Å². The van der Waals surface area contributed by atoms with Crippen molar-refractivity contribution in [3.05, 3.63) is 82.3 Å². The Kier molecular flexibility index (Phi) is 6.96. The average molecular weight is 511 g/mol. The predicted molar refractivity (Wildman–Crippen MR) is 152 cm³/mol. The Morgan fingerprint density at radius 2 is 1.76 bits per heavy atom. The number of piperazine rings is 1. The minimum atomic E-state index is 0.0465. The van der Waals surface area contributed by atoms with Crippen molar-refractivity contribution < 1.29 is 4.74 Å². The van der Waals surface area contributed by atoms with E-state index in [9.17, 15) is 4.79 Å². The fraction of sp³-hybridized carbons (Fsp3) is 0.367. The summed E-state index contributed by atoms with van der Waals surface area (Å²) in [6, 6.07) is 18.4. The number of anilines is 3. The molecule has 1 saturated heterocycles. The Morgan fingerprint density at radius 3 is 2.47 bits per heavy atom. The molecule has 6 rings (SSSR count). The van der Waals surface area contributed by atoms with E-state index >= 15 is 0 Å². The highest BCUT2D eigenvalue weighted by molar-refractivity contribution is 5.77. The molecular formula is C30H34N6O2. The second kappa shape index (κ2) is 10.8. The third-order valence-electron chi connectivity index (χ3n) is 7.70. The first-order valence-corrected chi connectivity index (χ1v) is 13.5. The van der Waals surface area contributed by atoms with Crippen LogP contribution in [-0.4, -0.2) is 47.8 Å². The molecule has 2 N–H and O–H groups in total. The van der Waals surface area contributed by atoms with Gasteiger partial charge in [-0.05, 0) is 60.9 Å². The van der Waals surface area contributed by atoms with Gasteiger partial charge in [0.2, 0.25) is 5.95 Å². The summed E-state index contributed by atoms with van der Waals surface area (Å²) in [5, 5.41) is 7.63. The van der Waals surface area contributed by atoms with E-state index in [4.69, 9.17) is 9.72 Å². The number of benzene rings is 2. The molecule has 2 aromatic carbocycles. The molecule has 0 unspecified atom stereocenters. The van der Waals surface area contributed by atoms with E-state index in [1.165, 1.54) is 5.69 Å². The van der Waals surface area contributed by atoms with Gasteiger partial charge in [0.1, 0.15) is 11.4 Å². The van der Waals surface area contributed by atoms with Crippen LogP contribution in [0.1, 0.15) is 42.9 Å². The quantitative estimate of drug-likeness (QED) is 0.374. The Morgan fingerprint density at radius 1 is 1.03 bits per heavy atom. The number of hydrogen-bond donors (Lipinski definition) is 2. The maximum absolute atomic E-state index is 13.8. The number of nitrogens with one attached hydrogen (secondary N) is 2. The van der Waals surface area contributed by atoms with E-state index in [0.29, 0.717) is 18.0 Å². The molecule has 1 aliphatic carbocycles. The highest BCUT2D eigenvalue weighted by Crippen LogP contribution is 2.31. The molecule has 0 radical (unpaired) electrons. The second-order valence-corrected chi connectivity index (χ2v) is 10.2. The molecule has 3 heterocycles. The molecule has 0 amide bonds. The summed E-state index contributed by atoms with van der Waals surface area (Å²) in [4.78, 5) is 25.7. The topological polar surface area (TPSA) is 84.3 Å². The highest BCUT2D eigenvalue weighted by Gasteiger charge is 2.23. The van der Waals surface area contributed by atoms with Crippen molar-refractivity contribution in [1.29, 1.82) is 0 Å². The van der Waals surface area contributed by atoms with Gasteiger partial charge >= 0.3 is 0 Å². The van der Waals surface area contributed by atoms with Crippen molar-refractivity contribution >= 4 is 28.4 Å². The van der Waals surface area contributed by atoms with Crippen LogP contribution in [0, 0.1) is 0 Å². The molecular weight excluding hydrogens is 476 g/mol. The highest BCUT2D eigenvalue weighted by atomic mass is 16.5.